The molecule has 1 unspecified atom stereocenters. The molecule has 1 aromatic carbocycles. The van der Waals surface area contributed by atoms with Crippen LogP contribution in [0, 0.1) is 11.3 Å². The number of hydrogen-bond donors (Lipinski definition) is 0. The minimum Gasteiger partial charge on any atom is -0.492 e. The summed E-state index contributed by atoms with van der Waals surface area (Å²) in [6, 6.07) is 8.96. The Morgan fingerprint density at radius 1 is 1.43 bits per heavy atom. The van der Waals surface area contributed by atoms with Crippen molar-refractivity contribution in [3.63, 3.8) is 0 Å². The molecule has 2 rings (SSSR count). The second kappa shape index (κ2) is 7.65. The molecule has 1 aliphatic heterocycles. The number of esters is 1. The van der Waals surface area contributed by atoms with Crippen molar-refractivity contribution in [2.75, 3.05) is 26.3 Å². The number of nitrogens with zero attached hydrogens (tertiary/aromatic N) is 2. The monoisotopic (exact) mass is 288 g/mol. The molecule has 1 saturated heterocycles. The summed E-state index contributed by atoms with van der Waals surface area (Å²) in [4.78, 5) is 13.9. The molecular weight excluding hydrogens is 268 g/mol. The van der Waals surface area contributed by atoms with Gasteiger partial charge in [0.2, 0.25) is 0 Å². The largest absolute Gasteiger partial charge is 0.492 e. The van der Waals surface area contributed by atoms with E-state index < -0.39 is 0 Å². The number of rotatable bonds is 6. The Morgan fingerprint density at radius 3 is 2.86 bits per heavy atom. The Morgan fingerprint density at radius 2 is 2.19 bits per heavy atom. The van der Waals surface area contributed by atoms with E-state index in [0.29, 0.717) is 25.3 Å². The Bertz CT molecular complexity index is 507. The van der Waals surface area contributed by atoms with Crippen molar-refractivity contribution in [1.29, 1.82) is 5.26 Å². The first-order valence-corrected chi connectivity index (χ1v) is 7.28. The van der Waals surface area contributed by atoms with Crippen molar-refractivity contribution in [2.45, 2.75) is 25.8 Å². The standard InChI is InChI=1S/C16H20N2O3/c1-2-20-16(19)15-4-3-9-18(15)10-11-21-14-7-5-13(12-17)6-8-14/h5-8,15H,2-4,9-11H2,1H3. The van der Waals surface area contributed by atoms with E-state index in [1.807, 2.05) is 6.92 Å². The number of ether oxygens (including phenoxy) is 2. The number of likely N-dealkylation sites (tertiary alicyclic amines) is 1. The zero-order valence-corrected chi connectivity index (χ0v) is 12.2. The van der Waals surface area contributed by atoms with Gasteiger partial charge in [0.05, 0.1) is 18.2 Å². The summed E-state index contributed by atoms with van der Waals surface area (Å²) in [5.74, 6) is 0.606. The SMILES string of the molecule is CCOC(=O)C1CCCN1CCOc1ccc(C#N)cc1. The third-order valence-electron chi connectivity index (χ3n) is 3.55. The summed E-state index contributed by atoms with van der Waals surface area (Å²) in [6.45, 7) is 4.36. The maximum absolute atomic E-state index is 11.8. The van der Waals surface area contributed by atoms with Gasteiger partial charge in [0.1, 0.15) is 18.4 Å². The van der Waals surface area contributed by atoms with E-state index in [-0.39, 0.29) is 12.0 Å². The third-order valence-corrected chi connectivity index (χ3v) is 3.55. The van der Waals surface area contributed by atoms with E-state index in [1.54, 1.807) is 24.3 Å². The molecule has 1 atom stereocenters. The predicted octanol–water partition coefficient (Wildman–Crippen LogP) is 1.96. The van der Waals surface area contributed by atoms with Gasteiger partial charge in [0, 0.05) is 6.54 Å². The normalized spacial score (nSPS) is 18.2. The molecule has 5 nitrogen and oxygen atoms in total. The van der Waals surface area contributed by atoms with Gasteiger partial charge >= 0.3 is 5.97 Å². The maximum Gasteiger partial charge on any atom is 0.323 e. The summed E-state index contributed by atoms with van der Waals surface area (Å²) in [6.07, 6.45) is 1.87. The van der Waals surface area contributed by atoms with E-state index in [1.165, 1.54) is 0 Å². The predicted molar refractivity (Wildman–Crippen MR) is 77.9 cm³/mol. The van der Waals surface area contributed by atoms with Crippen molar-refractivity contribution < 1.29 is 14.3 Å². The lowest BCUT2D eigenvalue weighted by Gasteiger charge is -2.22. The summed E-state index contributed by atoms with van der Waals surface area (Å²) in [5.41, 5.74) is 0.615. The van der Waals surface area contributed by atoms with Crippen molar-refractivity contribution in [3.05, 3.63) is 29.8 Å². The minimum atomic E-state index is -0.131. The van der Waals surface area contributed by atoms with Gasteiger partial charge in [-0.25, -0.2) is 0 Å². The highest BCUT2D eigenvalue weighted by Gasteiger charge is 2.31. The molecule has 0 spiro atoms. The van der Waals surface area contributed by atoms with Gasteiger partial charge in [-0.1, -0.05) is 0 Å². The van der Waals surface area contributed by atoms with Crippen LogP contribution in [0.15, 0.2) is 24.3 Å². The maximum atomic E-state index is 11.8. The van der Waals surface area contributed by atoms with E-state index in [9.17, 15) is 4.79 Å². The molecule has 0 radical (unpaired) electrons. The molecule has 1 aliphatic rings. The molecule has 0 N–H and O–H groups in total. The molecule has 1 aromatic rings. The van der Waals surface area contributed by atoms with Gasteiger partial charge in [0.15, 0.2) is 0 Å². The second-order valence-electron chi connectivity index (χ2n) is 4.93. The number of carbonyl (C=O) groups is 1. The highest BCUT2D eigenvalue weighted by molar-refractivity contribution is 5.76. The van der Waals surface area contributed by atoms with Crippen LogP contribution in [-0.2, 0) is 9.53 Å². The third kappa shape index (κ3) is 4.20. The lowest BCUT2D eigenvalue weighted by molar-refractivity contribution is -0.148. The molecule has 5 heteroatoms. The Hall–Kier alpha value is -2.06. The van der Waals surface area contributed by atoms with E-state index in [4.69, 9.17) is 14.7 Å². The molecule has 1 fully saturated rings. The smallest absolute Gasteiger partial charge is 0.323 e. The zero-order valence-electron chi connectivity index (χ0n) is 12.2. The number of nitriles is 1. The van der Waals surface area contributed by atoms with Crippen LogP contribution < -0.4 is 4.74 Å². The molecule has 21 heavy (non-hydrogen) atoms. The molecule has 0 aromatic heterocycles. The lowest BCUT2D eigenvalue weighted by Crippen LogP contribution is -2.39. The van der Waals surface area contributed by atoms with Crippen molar-refractivity contribution in [2.24, 2.45) is 0 Å². The topological polar surface area (TPSA) is 62.6 Å². The first-order valence-electron chi connectivity index (χ1n) is 7.28. The van der Waals surface area contributed by atoms with Crippen molar-refractivity contribution >= 4 is 5.97 Å². The lowest BCUT2D eigenvalue weighted by atomic mass is 10.2. The van der Waals surface area contributed by atoms with Crippen LogP contribution in [0.3, 0.4) is 0 Å². The van der Waals surface area contributed by atoms with Gasteiger partial charge in [0.25, 0.3) is 0 Å². The van der Waals surface area contributed by atoms with Crippen LogP contribution in [0.2, 0.25) is 0 Å². The summed E-state index contributed by atoms with van der Waals surface area (Å²) < 4.78 is 10.7. The molecule has 112 valence electrons. The Balaban J connectivity index is 1.79. The molecule has 1 heterocycles. The molecule has 0 saturated carbocycles. The number of benzene rings is 1. The quantitative estimate of drug-likeness (QED) is 0.749. The van der Waals surface area contributed by atoms with Gasteiger partial charge < -0.3 is 9.47 Å². The Labute approximate surface area is 125 Å². The zero-order chi connectivity index (χ0) is 15.1. The highest BCUT2D eigenvalue weighted by Crippen LogP contribution is 2.18. The van der Waals surface area contributed by atoms with Crippen LogP contribution in [0.25, 0.3) is 0 Å². The first-order chi connectivity index (χ1) is 10.2. The van der Waals surface area contributed by atoms with Crippen LogP contribution in [0.4, 0.5) is 0 Å². The Kier molecular flexibility index (Phi) is 5.59. The minimum absolute atomic E-state index is 0.130. The van der Waals surface area contributed by atoms with Crippen LogP contribution >= 0.6 is 0 Å². The fraction of sp³-hybridized carbons (Fsp3) is 0.500. The number of carbonyl (C=O) groups excluding carboxylic acids is 1. The van der Waals surface area contributed by atoms with Gasteiger partial charge in [-0.15, -0.1) is 0 Å². The van der Waals surface area contributed by atoms with E-state index in [2.05, 4.69) is 11.0 Å². The summed E-state index contributed by atoms with van der Waals surface area (Å²) in [7, 11) is 0. The van der Waals surface area contributed by atoms with Crippen LogP contribution in [0.1, 0.15) is 25.3 Å². The number of hydrogen-bond acceptors (Lipinski definition) is 5. The van der Waals surface area contributed by atoms with Crippen LogP contribution in [-0.4, -0.2) is 43.2 Å². The fourth-order valence-corrected chi connectivity index (χ4v) is 2.51. The average molecular weight is 288 g/mol. The van der Waals surface area contributed by atoms with E-state index in [0.717, 1.165) is 25.1 Å². The molecule has 0 amide bonds. The first kappa shape index (κ1) is 15.3. The van der Waals surface area contributed by atoms with Gasteiger partial charge in [-0.05, 0) is 50.6 Å². The molecule has 0 bridgehead atoms. The second-order valence-corrected chi connectivity index (χ2v) is 4.93. The van der Waals surface area contributed by atoms with Crippen molar-refractivity contribution in [1.82, 2.24) is 4.90 Å². The van der Waals surface area contributed by atoms with Gasteiger partial charge in [-0.3, -0.25) is 9.69 Å². The molecule has 0 aliphatic carbocycles. The van der Waals surface area contributed by atoms with E-state index >= 15 is 0 Å². The van der Waals surface area contributed by atoms with Crippen LogP contribution in [0.5, 0.6) is 5.75 Å². The summed E-state index contributed by atoms with van der Waals surface area (Å²) >= 11 is 0. The molecular formula is C16H20N2O3. The van der Waals surface area contributed by atoms with Crippen molar-refractivity contribution in [3.8, 4) is 11.8 Å². The average Bonchev–Trinajstić information content (AvgIpc) is 2.97. The van der Waals surface area contributed by atoms with Gasteiger partial charge in [-0.2, -0.15) is 5.26 Å². The highest BCUT2D eigenvalue weighted by atomic mass is 16.5. The summed E-state index contributed by atoms with van der Waals surface area (Å²) in [5, 5.41) is 8.73. The fourth-order valence-electron chi connectivity index (χ4n) is 2.51.